The summed E-state index contributed by atoms with van der Waals surface area (Å²) in [6.45, 7) is 9.60. The van der Waals surface area contributed by atoms with Gasteiger partial charge >= 0.3 is 5.63 Å². The van der Waals surface area contributed by atoms with Crippen molar-refractivity contribution in [1.82, 2.24) is 15.0 Å². The lowest BCUT2D eigenvalue weighted by molar-refractivity contribution is 0.285. The third-order valence-corrected chi connectivity index (χ3v) is 6.64. The van der Waals surface area contributed by atoms with Crippen LogP contribution in [0.5, 0.6) is 0 Å². The molecular formula is C30H38N6O3. The molecule has 0 fully saturated rings. The van der Waals surface area contributed by atoms with Crippen molar-refractivity contribution in [3.63, 3.8) is 0 Å². The summed E-state index contributed by atoms with van der Waals surface area (Å²) in [6.07, 6.45) is 3.66. The Morgan fingerprint density at radius 1 is 0.846 bits per heavy atom. The standard InChI is InChI=1S/C30H38N6O3/c1-4-7-17-36(18-11-12-19-37)30-33-28(32-29(34-30)35(5-2)6-3)31-24-16-15-23-20-25(22-13-9-8-10-14-22)27(38)39-26(23)21-24/h8-10,13-16,20-21,37H,4-7,11-12,17-19H2,1-3H3,(H,31,32,33,34). The van der Waals surface area contributed by atoms with E-state index in [9.17, 15) is 9.90 Å². The van der Waals surface area contributed by atoms with Crippen molar-refractivity contribution >= 4 is 34.5 Å². The van der Waals surface area contributed by atoms with Gasteiger partial charge in [-0.25, -0.2) is 4.79 Å². The zero-order valence-electron chi connectivity index (χ0n) is 23.1. The summed E-state index contributed by atoms with van der Waals surface area (Å²) in [5.41, 5.74) is 2.16. The molecule has 0 amide bonds. The van der Waals surface area contributed by atoms with E-state index in [0.717, 1.165) is 62.8 Å². The number of rotatable bonds is 14. The second kappa shape index (κ2) is 13.7. The summed E-state index contributed by atoms with van der Waals surface area (Å²) >= 11 is 0. The van der Waals surface area contributed by atoms with Crippen LogP contribution in [0, 0.1) is 0 Å². The van der Waals surface area contributed by atoms with Crippen molar-refractivity contribution in [3.05, 3.63) is 65.0 Å². The number of aromatic nitrogens is 3. The number of nitrogens with zero attached hydrogens (tertiary/aromatic N) is 5. The number of hydrogen-bond acceptors (Lipinski definition) is 9. The normalized spacial score (nSPS) is 11.1. The molecule has 4 rings (SSSR count). The largest absolute Gasteiger partial charge is 0.422 e. The van der Waals surface area contributed by atoms with Gasteiger partial charge in [-0.15, -0.1) is 0 Å². The van der Waals surface area contributed by atoms with E-state index in [2.05, 4.69) is 35.9 Å². The molecule has 0 saturated heterocycles. The smallest absolute Gasteiger partial charge is 0.344 e. The van der Waals surface area contributed by atoms with Gasteiger partial charge in [0.1, 0.15) is 5.58 Å². The van der Waals surface area contributed by atoms with Crippen molar-refractivity contribution in [2.75, 3.05) is 47.9 Å². The average molecular weight is 531 g/mol. The van der Waals surface area contributed by atoms with Crippen LogP contribution in [-0.4, -0.2) is 52.8 Å². The third-order valence-electron chi connectivity index (χ3n) is 6.64. The Balaban J connectivity index is 1.67. The van der Waals surface area contributed by atoms with Crippen LogP contribution in [0.25, 0.3) is 22.1 Å². The molecule has 0 saturated carbocycles. The molecule has 2 heterocycles. The topological polar surface area (TPSA) is 108 Å². The first kappa shape index (κ1) is 28.0. The van der Waals surface area contributed by atoms with Crippen molar-refractivity contribution in [1.29, 1.82) is 0 Å². The van der Waals surface area contributed by atoms with E-state index in [1.807, 2.05) is 48.5 Å². The monoisotopic (exact) mass is 530 g/mol. The minimum absolute atomic E-state index is 0.168. The van der Waals surface area contributed by atoms with Crippen molar-refractivity contribution in [2.24, 2.45) is 0 Å². The quantitative estimate of drug-likeness (QED) is 0.159. The molecule has 0 aliphatic carbocycles. The first-order valence-electron chi connectivity index (χ1n) is 13.8. The van der Waals surface area contributed by atoms with Crippen LogP contribution in [0.1, 0.15) is 46.5 Å². The zero-order valence-corrected chi connectivity index (χ0v) is 23.1. The van der Waals surface area contributed by atoms with Crippen LogP contribution in [-0.2, 0) is 0 Å². The van der Waals surface area contributed by atoms with Gasteiger partial charge in [0.15, 0.2) is 0 Å². The Morgan fingerprint density at radius 2 is 1.56 bits per heavy atom. The summed E-state index contributed by atoms with van der Waals surface area (Å²) < 4.78 is 5.70. The van der Waals surface area contributed by atoms with E-state index in [4.69, 9.17) is 19.4 Å². The fraction of sp³-hybridized carbons (Fsp3) is 0.400. The molecule has 0 radical (unpaired) electrons. The summed E-state index contributed by atoms with van der Waals surface area (Å²) in [6, 6.07) is 17.0. The number of fused-ring (bicyclic) bond motifs is 1. The number of unbranched alkanes of at least 4 members (excludes halogenated alkanes) is 2. The number of anilines is 4. The van der Waals surface area contributed by atoms with Gasteiger partial charge in [-0.3, -0.25) is 0 Å². The molecule has 0 unspecified atom stereocenters. The predicted octanol–water partition coefficient (Wildman–Crippen LogP) is 5.61. The maximum atomic E-state index is 12.8. The van der Waals surface area contributed by atoms with E-state index in [1.165, 1.54) is 0 Å². The lowest BCUT2D eigenvalue weighted by Gasteiger charge is -2.25. The number of hydrogen-bond donors (Lipinski definition) is 2. The first-order chi connectivity index (χ1) is 19.1. The molecule has 2 aromatic carbocycles. The van der Waals surface area contributed by atoms with Crippen molar-refractivity contribution in [2.45, 2.75) is 46.5 Å². The second-order valence-electron chi connectivity index (χ2n) is 9.39. The average Bonchev–Trinajstić information content (AvgIpc) is 2.95. The van der Waals surface area contributed by atoms with Gasteiger partial charge in [0, 0.05) is 49.9 Å². The number of benzene rings is 2. The van der Waals surface area contributed by atoms with Gasteiger partial charge < -0.3 is 24.6 Å². The highest BCUT2D eigenvalue weighted by Crippen LogP contribution is 2.26. The van der Waals surface area contributed by atoms with E-state index < -0.39 is 0 Å². The Morgan fingerprint density at radius 3 is 2.26 bits per heavy atom. The minimum atomic E-state index is -0.383. The van der Waals surface area contributed by atoms with Gasteiger partial charge in [0.2, 0.25) is 17.8 Å². The van der Waals surface area contributed by atoms with Gasteiger partial charge in [-0.1, -0.05) is 43.7 Å². The summed E-state index contributed by atoms with van der Waals surface area (Å²) in [5, 5.41) is 13.4. The lowest BCUT2D eigenvalue weighted by Crippen LogP contribution is -2.30. The molecule has 2 N–H and O–H groups in total. The summed E-state index contributed by atoms with van der Waals surface area (Å²) in [7, 11) is 0. The van der Waals surface area contributed by atoms with E-state index >= 15 is 0 Å². The van der Waals surface area contributed by atoms with Gasteiger partial charge in [-0.05, 0) is 56.9 Å². The Labute approximate surface area is 229 Å². The highest BCUT2D eigenvalue weighted by molar-refractivity contribution is 5.84. The molecule has 4 aromatic rings. The SMILES string of the molecule is CCCCN(CCCCO)c1nc(Nc2ccc3cc(-c4ccccc4)c(=O)oc3c2)nc(N(CC)CC)n1. The Hall–Kier alpha value is -3.98. The van der Waals surface area contributed by atoms with Crippen LogP contribution in [0.3, 0.4) is 0 Å². The molecule has 0 aliphatic heterocycles. The van der Waals surface area contributed by atoms with E-state index in [1.54, 1.807) is 6.07 Å². The maximum absolute atomic E-state index is 12.8. The van der Waals surface area contributed by atoms with Crippen LogP contribution < -0.4 is 20.7 Å². The molecule has 206 valence electrons. The van der Waals surface area contributed by atoms with E-state index in [0.29, 0.717) is 34.7 Å². The summed E-state index contributed by atoms with van der Waals surface area (Å²) in [4.78, 5) is 31.3. The van der Waals surface area contributed by atoms with E-state index in [-0.39, 0.29) is 12.2 Å². The predicted molar refractivity (Wildman–Crippen MR) is 158 cm³/mol. The van der Waals surface area contributed by atoms with Gasteiger partial charge in [-0.2, -0.15) is 15.0 Å². The Kier molecular flexibility index (Phi) is 9.85. The maximum Gasteiger partial charge on any atom is 0.344 e. The van der Waals surface area contributed by atoms with Gasteiger partial charge in [0.25, 0.3) is 0 Å². The second-order valence-corrected chi connectivity index (χ2v) is 9.39. The molecule has 0 aliphatic rings. The molecule has 0 spiro atoms. The summed E-state index contributed by atoms with van der Waals surface area (Å²) in [5.74, 6) is 1.64. The fourth-order valence-corrected chi connectivity index (χ4v) is 4.41. The molecule has 0 atom stereocenters. The molecule has 2 aromatic heterocycles. The Bertz CT molecular complexity index is 1410. The number of aliphatic hydroxyl groups is 1. The van der Waals surface area contributed by atoms with Crippen molar-refractivity contribution < 1.29 is 9.52 Å². The highest BCUT2D eigenvalue weighted by atomic mass is 16.4. The molecule has 0 bridgehead atoms. The van der Waals surface area contributed by atoms with Crippen LogP contribution in [0.15, 0.2) is 63.8 Å². The molecule has 9 heteroatoms. The van der Waals surface area contributed by atoms with Crippen molar-refractivity contribution in [3.8, 4) is 11.1 Å². The third kappa shape index (κ3) is 7.11. The number of aliphatic hydroxyl groups excluding tert-OH is 1. The molecule has 39 heavy (non-hydrogen) atoms. The highest BCUT2D eigenvalue weighted by Gasteiger charge is 2.17. The fourth-order valence-electron chi connectivity index (χ4n) is 4.41. The molecular weight excluding hydrogens is 492 g/mol. The minimum Gasteiger partial charge on any atom is -0.422 e. The number of nitrogens with one attached hydrogen (secondary N) is 1. The van der Waals surface area contributed by atoms with Gasteiger partial charge in [0.05, 0.1) is 5.56 Å². The van der Waals surface area contributed by atoms with Crippen LogP contribution >= 0.6 is 0 Å². The van der Waals surface area contributed by atoms with Crippen LogP contribution in [0.4, 0.5) is 23.5 Å². The lowest BCUT2D eigenvalue weighted by atomic mass is 10.1. The van der Waals surface area contributed by atoms with Crippen LogP contribution in [0.2, 0.25) is 0 Å². The molecule has 9 nitrogen and oxygen atoms in total. The first-order valence-corrected chi connectivity index (χ1v) is 13.8. The zero-order chi connectivity index (χ0) is 27.6.